The molecule has 3 aromatic carbocycles. The summed E-state index contributed by atoms with van der Waals surface area (Å²) in [5.74, 6) is 0.838. The Labute approximate surface area is 161 Å². The van der Waals surface area contributed by atoms with E-state index < -0.39 is 0 Å². The lowest BCUT2D eigenvalue weighted by Crippen LogP contribution is -3.00. The van der Waals surface area contributed by atoms with Crippen LogP contribution in [0.4, 0.5) is 0 Å². The molecule has 4 aromatic rings. The lowest BCUT2D eigenvalue weighted by molar-refractivity contribution is -0.107. The third kappa shape index (κ3) is 3.91. The zero-order valence-corrected chi connectivity index (χ0v) is 15.9. The molecule has 0 atom stereocenters. The van der Waals surface area contributed by atoms with Crippen molar-refractivity contribution >= 4 is 38.5 Å². The molecule has 2 nitrogen and oxygen atoms in total. The van der Waals surface area contributed by atoms with Gasteiger partial charge in [-0.15, -0.1) is 0 Å². The van der Waals surface area contributed by atoms with E-state index in [-0.39, 0.29) is 17.0 Å². The van der Waals surface area contributed by atoms with Crippen LogP contribution < -0.4 is 22.4 Å². The minimum atomic E-state index is 0. The molecule has 124 valence electrons. The van der Waals surface area contributed by atoms with Crippen LogP contribution in [-0.4, -0.2) is 10.0 Å². The Hall–Kier alpha value is -2.17. The van der Waals surface area contributed by atoms with Crippen molar-refractivity contribution in [2.75, 3.05) is 0 Å². The first-order valence-corrected chi connectivity index (χ1v) is 8.87. The van der Waals surface area contributed by atoms with Gasteiger partial charge < -0.3 is 17.0 Å². The molecule has 0 spiro atoms. The molecule has 0 unspecified atom stereocenters. The number of thioether (sulfide) groups is 1. The van der Waals surface area contributed by atoms with Crippen LogP contribution in [0.1, 0.15) is 11.3 Å². The minimum Gasteiger partial charge on any atom is -1.00 e. The largest absolute Gasteiger partial charge is 1.00 e. The van der Waals surface area contributed by atoms with Gasteiger partial charge in [0.1, 0.15) is 5.69 Å². The van der Waals surface area contributed by atoms with Crippen LogP contribution in [0.3, 0.4) is 0 Å². The number of nitrogens with zero attached hydrogens (tertiary/aromatic N) is 1. The highest BCUT2D eigenvalue weighted by atomic mass is 79.9. The number of nitrogens with two attached hydrogens (primary N) is 1. The van der Waals surface area contributed by atoms with Gasteiger partial charge in [0.25, 0.3) is 5.04 Å². The fourth-order valence-electron chi connectivity index (χ4n) is 2.77. The molecule has 4 rings (SSSR count). The number of rotatable bonds is 3. The summed E-state index contributed by atoms with van der Waals surface area (Å²) in [7, 11) is 0. The molecule has 0 amide bonds. The second-order valence-corrected chi connectivity index (χ2v) is 6.74. The number of hydrogen-bond donors (Lipinski definition) is 1. The molecular weight excluding hydrogens is 392 g/mol. The van der Waals surface area contributed by atoms with Gasteiger partial charge in [-0.05, 0) is 28.5 Å². The van der Waals surface area contributed by atoms with E-state index in [1.165, 1.54) is 16.3 Å². The monoisotopic (exact) mass is 408 g/mol. The molecule has 0 saturated carbocycles. The van der Waals surface area contributed by atoms with Crippen molar-refractivity contribution in [1.29, 1.82) is 0 Å². The van der Waals surface area contributed by atoms with Crippen LogP contribution in [0, 0.1) is 0 Å². The number of fused-ring (bicyclic) bond motifs is 2. The lowest BCUT2D eigenvalue weighted by atomic mass is 10.1. The van der Waals surface area contributed by atoms with E-state index in [1.54, 1.807) is 11.8 Å². The van der Waals surface area contributed by atoms with Gasteiger partial charge in [0.05, 0.1) is 5.52 Å². The summed E-state index contributed by atoms with van der Waals surface area (Å²) in [6.07, 6.45) is 0. The lowest BCUT2D eigenvalue weighted by Gasteiger charge is -2.04. The molecular formula is C21H17BrN2S. The topological polar surface area (TPSA) is 38.5 Å². The fourth-order valence-corrected chi connectivity index (χ4v) is 3.53. The zero-order chi connectivity index (χ0) is 16.4. The van der Waals surface area contributed by atoms with Gasteiger partial charge in [-0.1, -0.05) is 78.5 Å². The molecule has 25 heavy (non-hydrogen) atoms. The summed E-state index contributed by atoms with van der Waals surface area (Å²) in [5.41, 5.74) is 3.09. The van der Waals surface area contributed by atoms with Crippen molar-refractivity contribution in [2.24, 2.45) is 0 Å². The van der Waals surface area contributed by atoms with Gasteiger partial charge in [0.2, 0.25) is 0 Å². The smallest absolute Gasteiger partial charge is 0.257 e. The maximum Gasteiger partial charge on any atom is 0.257 e. The Morgan fingerprint density at radius 1 is 0.800 bits per heavy atom. The standard InChI is InChI=1S/C21H16N2S.BrH/c22-21(20-12-11-17-6-3-4-8-19(17)23-20)24-14-15-9-10-16-5-1-2-7-18(16)13-15;/h1-13,22H,14H2;1H. The zero-order valence-electron chi connectivity index (χ0n) is 13.5. The van der Waals surface area contributed by atoms with E-state index in [0.717, 1.165) is 27.4 Å². The molecule has 0 aliphatic heterocycles. The Bertz CT molecular complexity index is 1050. The second-order valence-electron chi connectivity index (χ2n) is 5.72. The summed E-state index contributed by atoms with van der Waals surface area (Å²) in [6, 6.07) is 27.1. The number of hydrogen-bond acceptors (Lipinski definition) is 2. The average Bonchev–Trinajstić information content (AvgIpc) is 2.65. The van der Waals surface area contributed by atoms with E-state index in [9.17, 15) is 0 Å². The van der Waals surface area contributed by atoms with Crippen LogP contribution in [0.2, 0.25) is 0 Å². The quantitative estimate of drug-likeness (QED) is 0.402. The first kappa shape index (κ1) is 17.6. The maximum absolute atomic E-state index is 6.26. The van der Waals surface area contributed by atoms with Gasteiger partial charge >= 0.3 is 0 Å². The Morgan fingerprint density at radius 2 is 1.48 bits per heavy atom. The Balaban J connectivity index is 0.00000182. The predicted molar refractivity (Wildman–Crippen MR) is 103 cm³/mol. The van der Waals surface area contributed by atoms with Gasteiger partial charge in [0, 0.05) is 11.1 Å². The molecule has 0 fully saturated rings. The van der Waals surface area contributed by atoms with Gasteiger partial charge in [-0.25, -0.2) is 10.4 Å². The maximum atomic E-state index is 6.26. The summed E-state index contributed by atoms with van der Waals surface area (Å²) in [4.78, 5) is 4.65. The summed E-state index contributed by atoms with van der Waals surface area (Å²) >= 11 is 1.63. The highest BCUT2D eigenvalue weighted by Gasteiger charge is 2.11. The third-order valence-electron chi connectivity index (χ3n) is 4.06. The first-order chi connectivity index (χ1) is 11.8. The fraction of sp³-hybridized carbons (Fsp3) is 0.0476. The third-order valence-corrected chi connectivity index (χ3v) is 5.06. The molecule has 0 aliphatic carbocycles. The second kappa shape index (κ2) is 7.81. The van der Waals surface area contributed by atoms with Crippen molar-refractivity contribution in [1.82, 2.24) is 4.98 Å². The summed E-state index contributed by atoms with van der Waals surface area (Å²) in [5, 5.41) is 10.7. The molecule has 4 heteroatoms. The highest BCUT2D eigenvalue weighted by Crippen LogP contribution is 2.21. The van der Waals surface area contributed by atoms with Crippen molar-refractivity contribution < 1.29 is 22.4 Å². The first-order valence-electron chi connectivity index (χ1n) is 7.89. The van der Waals surface area contributed by atoms with E-state index in [0.29, 0.717) is 0 Å². The molecule has 0 aliphatic rings. The molecule has 1 aromatic heterocycles. The van der Waals surface area contributed by atoms with Gasteiger partial charge in [-0.3, -0.25) is 0 Å². The van der Waals surface area contributed by atoms with Crippen molar-refractivity contribution in [3.05, 3.63) is 90.1 Å². The van der Waals surface area contributed by atoms with E-state index in [4.69, 9.17) is 5.41 Å². The molecule has 0 saturated heterocycles. The van der Waals surface area contributed by atoms with E-state index >= 15 is 0 Å². The number of benzene rings is 3. The SMILES string of the molecule is [Br-].[NH2+]=C(SCc1ccc2ccccc2c1)c1ccc2ccccc2n1. The summed E-state index contributed by atoms with van der Waals surface area (Å²) < 4.78 is 0. The van der Waals surface area contributed by atoms with Gasteiger partial charge in [0.15, 0.2) is 0 Å². The van der Waals surface area contributed by atoms with Crippen LogP contribution >= 0.6 is 11.8 Å². The van der Waals surface area contributed by atoms with Crippen molar-refractivity contribution in [2.45, 2.75) is 5.75 Å². The number of halogens is 1. The van der Waals surface area contributed by atoms with E-state index in [1.807, 2.05) is 24.3 Å². The highest BCUT2D eigenvalue weighted by molar-refractivity contribution is 8.13. The number of pyridine rings is 1. The molecule has 0 bridgehead atoms. The number of aromatic nitrogens is 1. The van der Waals surface area contributed by atoms with Crippen molar-refractivity contribution in [3.63, 3.8) is 0 Å². The van der Waals surface area contributed by atoms with Crippen LogP contribution in [-0.2, 0) is 5.75 Å². The van der Waals surface area contributed by atoms with Crippen LogP contribution in [0.5, 0.6) is 0 Å². The van der Waals surface area contributed by atoms with E-state index in [2.05, 4.69) is 59.6 Å². The van der Waals surface area contributed by atoms with Crippen LogP contribution in [0.15, 0.2) is 78.9 Å². The molecule has 1 heterocycles. The number of para-hydroxylation sites is 1. The molecule has 0 radical (unpaired) electrons. The predicted octanol–water partition coefficient (Wildman–Crippen LogP) is 0.831. The molecule has 2 N–H and O–H groups in total. The minimum absolute atomic E-state index is 0. The van der Waals surface area contributed by atoms with Crippen LogP contribution in [0.25, 0.3) is 21.7 Å². The Morgan fingerprint density at radius 3 is 2.32 bits per heavy atom. The Kier molecular flexibility index (Phi) is 5.51. The normalized spacial score (nSPS) is 10.6. The summed E-state index contributed by atoms with van der Waals surface area (Å²) in [6.45, 7) is 0. The van der Waals surface area contributed by atoms with Gasteiger partial charge in [-0.2, -0.15) is 0 Å². The van der Waals surface area contributed by atoms with Crippen molar-refractivity contribution in [3.8, 4) is 0 Å². The average molecular weight is 409 g/mol.